The highest BCUT2D eigenvalue weighted by Gasteiger charge is 2.30. The SMILES string of the molecule is CC(C)[C@H](NC(=O)OCc1ccccc1)C(=O)OCC(COC(=O)[C@@H](NC(=O)OCc1ccccc1)C(C)C)OCn1cnc2c(=O)[nH]c(N)nc21. The van der Waals surface area contributed by atoms with E-state index in [1.54, 1.807) is 52.0 Å². The highest BCUT2D eigenvalue weighted by atomic mass is 16.6. The molecule has 5 N–H and O–H groups in total. The van der Waals surface area contributed by atoms with E-state index in [1.165, 1.54) is 10.9 Å². The number of anilines is 1. The maximum absolute atomic E-state index is 13.2. The third-order valence-corrected chi connectivity index (χ3v) is 7.58. The normalized spacial score (nSPS) is 12.4. The van der Waals surface area contributed by atoms with Gasteiger partial charge in [0.2, 0.25) is 5.95 Å². The summed E-state index contributed by atoms with van der Waals surface area (Å²) in [6.45, 7) is 5.76. The first-order valence-electron chi connectivity index (χ1n) is 16.5. The van der Waals surface area contributed by atoms with Crippen molar-refractivity contribution in [3.05, 3.63) is 88.5 Å². The maximum Gasteiger partial charge on any atom is 0.408 e. The van der Waals surface area contributed by atoms with Gasteiger partial charge in [-0.2, -0.15) is 4.98 Å². The first kappa shape index (κ1) is 38.8. The molecule has 0 bridgehead atoms. The lowest BCUT2D eigenvalue weighted by Crippen LogP contribution is -2.47. The molecule has 4 aromatic rings. The minimum atomic E-state index is -1.08. The Morgan fingerprint density at radius 3 is 1.71 bits per heavy atom. The van der Waals surface area contributed by atoms with Crippen LogP contribution < -0.4 is 21.9 Å². The van der Waals surface area contributed by atoms with Crippen molar-refractivity contribution in [3.8, 4) is 0 Å². The number of nitrogens with two attached hydrogens (primary N) is 1. The number of nitrogens with one attached hydrogen (secondary N) is 3. The van der Waals surface area contributed by atoms with Gasteiger partial charge in [-0.15, -0.1) is 0 Å². The van der Waals surface area contributed by atoms with Gasteiger partial charge in [0.25, 0.3) is 5.56 Å². The molecule has 2 atom stereocenters. The van der Waals surface area contributed by atoms with Gasteiger partial charge in [0, 0.05) is 0 Å². The number of H-pyrrole nitrogens is 1. The summed E-state index contributed by atoms with van der Waals surface area (Å²) in [7, 11) is 0. The van der Waals surface area contributed by atoms with Crippen LogP contribution in [0.5, 0.6) is 0 Å². The van der Waals surface area contributed by atoms with Crippen molar-refractivity contribution in [2.75, 3.05) is 18.9 Å². The standard InChI is InChI=1S/C35H43N7O10/c1-21(2)26(38-34(46)50-15-23-11-7-5-8-12-23)31(44)48-17-25(52-20-42-19-37-28-29(42)40-33(36)41-30(28)43)18-49-32(45)27(22(3)4)39-35(47)51-16-24-13-9-6-10-14-24/h5-14,19,21-22,25-27H,15-18,20H2,1-4H3,(H,38,46)(H,39,47)(H3,36,40,41,43)/t26-,27-/m0/s1. The molecular formula is C35H43N7O10. The van der Waals surface area contributed by atoms with Gasteiger partial charge in [-0.3, -0.25) is 14.3 Å². The molecule has 0 saturated carbocycles. The zero-order valence-electron chi connectivity index (χ0n) is 29.3. The van der Waals surface area contributed by atoms with Crippen molar-refractivity contribution in [1.82, 2.24) is 30.2 Å². The Morgan fingerprint density at radius 2 is 1.25 bits per heavy atom. The molecule has 2 heterocycles. The van der Waals surface area contributed by atoms with Crippen LogP contribution in [0.15, 0.2) is 71.8 Å². The van der Waals surface area contributed by atoms with Crippen molar-refractivity contribution in [2.45, 2.75) is 65.8 Å². The second kappa shape index (κ2) is 18.9. The van der Waals surface area contributed by atoms with E-state index >= 15 is 0 Å². The summed E-state index contributed by atoms with van der Waals surface area (Å²) in [6.07, 6.45) is -1.39. The predicted octanol–water partition coefficient (Wildman–Crippen LogP) is 3.03. The van der Waals surface area contributed by atoms with Gasteiger partial charge in [-0.1, -0.05) is 88.4 Å². The van der Waals surface area contributed by atoms with Crippen LogP contribution in [0.2, 0.25) is 0 Å². The smallest absolute Gasteiger partial charge is 0.408 e. The van der Waals surface area contributed by atoms with Crippen LogP contribution in [0, 0.1) is 11.8 Å². The van der Waals surface area contributed by atoms with Crippen molar-refractivity contribution in [2.24, 2.45) is 11.8 Å². The van der Waals surface area contributed by atoms with Gasteiger partial charge in [0.15, 0.2) is 11.2 Å². The number of fused-ring (bicyclic) bond motifs is 1. The fourth-order valence-electron chi connectivity index (χ4n) is 4.70. The van der Waals surface area contributed by atoms with Crippen LogP contribution in [0.3, 0.4) is 0 Å². The predicted molar refractivity (Wildman–Crippen MR) is 186 cm³/mol. The van der Waals surface area contributed by atoms with E-state index in [-0.39, 0.29) is 48.9 Å². The highest BCUT2D eigenvalue weighted by molar-refractivity contribution is 5.82. The number of ether oxygens (including phenoxy) is 5. The minimum Gasteiger partial charge on any atom is -0.461 e. The number of carbonyl (C=O) groups excluding carboxylic acids is 4. The quantitative estimate of drug-likeness (QED) is 0.0909. The van der Waals surface area contributed by atoms with Crippen LogP contribution in [-0.2, 0) is 53.2 Å². The number of esters is 2. The summed E-state index contributed by atoms with van der Waals surface area (Å²) >= 11 is 0. The molecule has 17 heteroatoms. The van der Waals surface area contributed by atoms with Crippen LogP contribution >= 0.6 is 0 Å². The summed E-state index contributed by atoms with van der Waals surface area (Å²) in [5.41, 5.74) is 6.83. The summed E-state index contributed by atoms with van der Waals surface area (Å²) < 4.78 is 28.9. The second-order valence-corrected chi connectivity index (χ2v) is 12.4. The number of nitrogen functional groups attached to an aromatic ring is 1. The molecule has 2 amide bonds. The molecule has 0 spiro atoms. The number of imidazole rings is 1. The molecule has 52 heavy (non-hydrogen) atoms. The Bertz CT molecular complexity index is 1760. The number of aromatic amines is 1. The summed E-state index contributed by atoms with van der Waals surface area (Å²) in [5, 5.41) is 5.07. The number of rotatable bonds is 17. The van der Waals surface area contributed by atoms with Crippen molar-refractivity contribution in [3.63, 3.8) is 0 Å². The molecule has 0 radical (unpaired) electrons. The first-order chi connectivity index (χ1) is 24.9. The van der Waals surface area contributed by atoms with Crippen LogP contribution in [0.4, 0.5) is 15.5 Å². The third-order valence-electron chi connectivity index (χ3n) is 7.58. The number of nitrogens with zero attached hydrogens (tertiary/aromatic N) is 3. The monoisotopic (exact) mass is 721 g/mol. The number of aromatic nitrogens is 4. The number of hydrogen-bond donors (Lipinski definition) is 4. The fourth-order valence-corrected chi connectivity index (χ4v) is 4.70. The average Bonchev–Trinajstić information content (AvgIpc) is 3.54. The van der Waals surface area contributed by atoms with E-state index in [4.69, 9.17) is 29.4 Å². The zero-order valence-corrected chi connectivity index (χ0v) is 29.3. The lowest BCUT2D eigenvalue weighted by molar-refractivity contribution is -0.161. The molecule has 2 aromatic carbocycles. The number of alkyl carbamates (subject to hydrolysis) is 2. The van der Waals surface area contributed by atoms with E-state index in [0.717, 1.165) is 11.1 Å². The van der Waals surface area contributed by atoms with E-state index in [2.05, 4.69) is 25.6 Å². The number of amides is 2. The average molecular weight is 722 g/mol. The number of carbonyl (C=O) groups is 4. The third kappa shape index (κ3) is 11.5. The molecule has 0 aliphatic rings. The van der Waals surface area contributed by atoms with E-state index < -0.39 is 61.1 Å². The summed E-state index contributed by atoms with van der Waals surface area (Å²) in [5.74, 6) is -2.49. The van der Waals surface area contributed by atoms with Crippen molar-refractivity contribution < 1.29 is 42.9 Å². The van der Waals surface area contributed by atoms with Crippen LogP contribution in [-0.4, -0.2) is 75.0 Å². The Labute approximate surface area is 299 Å². The molecular weight excluding hydrogens is 678 g/mol. The Hall–Kier alpha value is -5.97. The highest BCUT2D eigenvalue weighted by Crippen LogP contribution is 2.12. The van der Waals surface area contributed by atoms with E-state index in [1.807, 2.05) is 36.4 Å². The topological polar surface area (TPSA) is 228 Å². The van der Waals surface area contributed by atoms with Gasteiger partial charge in [0.05, 0.1) is 6.33 Å². The number of hydrogen-bond acceptors (Lipinski definition) is 13. The molecule has 17 nitrogen and oxygen atoms in total. The van der Waals surface area contributed by atoms with Crippen molar-refractivity contribution in [1.29, 1.82) is 0 Å². The van der Waals surface area contributed by atoms with Crippen LogP contribution in [0.25, 0.3) is 11.2 Å². The Balaban J connectivity index is 1.40. The zero-order chi connectivity index (χ0) is 37.6. The van der Waals surface area contributed by atoms with E-state index in [0.29, 0.717) is 0 Å². The van der Waals surface area contributed by atoms with Gasteiger partial charge >= 0.3 is 24.1 Å². The lowest BCUT2D eigenvalue weighted by Gasteiger charge is -2.24. The second-order valence-electron chi connectivity index (χ2n) is 12.4. The van der Waals surface area contributed by atoms with Gasteiger partial charge < -0.3 is 40.1 Å². The lowest BCUT2D eigenvalue weighted by atomic mass is 10.1. The molecule has 0 aliphatic carbocycles. The fraction of sp³-hybridized carbons (Fsp3) is 0.400. The Morgan fingerprint density at radius 1 is 0.769 bits per heavy atom. The molecule has 0 aliphatic heterocycles. The van der Waals surface area contributed by atoms with Gasteiger partial charge in [0.1, 0.15) is 51.3 Å². The van der Waals surface area contributed by atoms with Crippen LogP contribution in [0.1, 0.15) is 38.8 Å². The molecule has 0 fully saturated rings. The molecule has 0 saturated heterocycles. The molecule has 4 rings (SSSR count). The largest absolute Gasteiger partial charge is 0.461 e. The molecule has 278 valence electrons. The maximum atomic E-state index is 13.2. The van der Waals surface area contributed by atoms with Gasteiger partial charge in [-0.25, -0.2) is 24.2 Å². The van der Waals surface area contributed by atoms with E-state index in [9.17, 15) is 24.0 Å². The summed E-state index contributed by atoms with van der Waals surface area (Å²) in [4.78, 5) is 74.2. The summed E-state index contributed by atoms with van der Waals surface area (Å²) in [6, 6.07) is 15.9. The molecule has 2 aromatic heterocycles. The van der Waals surface area contributed by atoms with Crippen molar-refractivity contribution >= 4 is 41.2 Å². The number of benzene rings is 2. The molecule has 0 unspecified atom stereocenters. The first-order valence-corrected chi connectivity index (χ1v) is 16.5. The van der Waals surface area contributed by atoms with Gasteiger partial charge in [-0.05, 0) is 23.0 Å². The Kier molecular flexibility index (Phi) is 14.1. The minimum absolute atomic E-state index is 0.000101.